The number of aromatic nitrogens is 1. The van der Waals surface area contributed by atoms with Crippen molar-refractivity contribution in [2.75, 3.05) is 6.61 Å². The quantitative estimate of drug-likeness (QED) is 0.732. The second-order valence-corrected chi connectivity index (χ2v) is 12.1. The fourth-order valence-electron chi connectivity index (χ4n) is 2.07. The van der Waals surface area contributed by atoms with Crippen molar-refractivity contribution >= 4 is 19.2 Å². The third kappa shape index (κ3) is 3.92. The summed E-state index contributed by atoms with van der Waals surface area (Å²) >= 11 is 0. The number of hydrogen-bond acceptors (Lipinski definition) is 2. The molecule has 2 aromatic rings. The first-order valence-electron chi connectivity index (χ1n) is 7.69. The summed E-state index contributed by atoms with van der Waals surface area (Å²) in [6.07, 6.45) is 0.969. The Balaban J connectivity index is 2.03. The Morgan fingerprint density at radius 1 is 1.10 bits per heavy atom. The van der Waals surface area contributed by atoms with Gasteiger partial charge < -0.3 is 4.43 Å². The van der Waals surface area contributed by atoms with E-state index in [0.29, 0.717) is 0 Å². The van der Waals surface area contributed by atoms with E-state index in [2.05, 4.69) is 69.2 Å². The van der Waals surface area contributed by atoms with Crippen LogP contribution in [-0.4, -0.2) is 19.9 Å². The highest BCUT2D eigenvalue weighted by Crippen LogP contribution is 2.36. The van der Waals surface area contributed by atoms with Crippen molar-refractivity contribution in [3.05, 3.63) is 41.6 Å². The van der Waals surface area contributed by atoms with E-state index >= 15 is 0 Å². The maximum Gasteiger partial charge on any atom is 0.191 e. The molecule has 0 bridgehead atoms. The van der Waals surface area contributed by atoms with Crippen molar-refractivity contribution in [2.45, 2.75) is 52.2 Å². The average Bonchev–Trinajstić information content (AvgIpc) is 2.37. The van der Waals surface area contributed by atoms with Crippen molar-refractivity contribution in [3.63, 3.8) is 0 Å². The zero-order valence-corrected chi connectivity index (χ0v) is 15.2. The molecule has 0 unspecified atom stereocenters. The first kappa shape index (κ1) is 16.2. The summed E-state index contributed by atoms with van der Waals surface area (Å²) < 4.78 is 6.25. The molecule has 1 aromatic heterocycles. The van der Waals surface area contributed by atoms with Gasteiger partial charge in [0.05, 0.1) is 5.52 Å². The van der Waals surface area contributed by atoms with Gasteiger partial charge >= 0.3 is 0 Å². The molecule has 2 rings (SSSR count). The van der Waals surface area contributed by atoms with Gasteiger partial charge in [0.15, 0.2) is 8.32 Å². The van der Waals surface area contributed by atoms with Crippen molar-refractivity contribution in [1.82, 2.24) is 4.98 Å². The largest absolute Gasteiger partial charge is 0.416 e. The topological polar surface area (TPSA) is 22.1 Å². The fourth-order valence-corrected chi connectivity index (χ4v) is 3.12. The van der Waals surface area contributed by atoms with Crippen LogP contribution in [0.2, 0.25) is 18.1 Å². The second kappa shape index (κ2) is 5.89. The Morgan fingerprint density at radius 3 is 2.48 bits per heavy atom. The molecule has 1 aromatic carbocycles. The van der Waals surface area contributed by atoms with E-state index in [1.807, 2.05) is 6.92 Å². The van der Waals surface area contributed by atoms with E-state index in [9.17, 15) is 0 Å². The number of rotatable bonds is 4. The van der Waals surface area contributed by atoms with E-state index in [0.717, 1.165) is 24.2 Å². The molecular weight excluding hydrogens is 274 g/mol. The summed E-state index contributed by atoms with van der Waals surface area (Å²) in [5, 5.41) is 1.49. The zero-order chi connectivity index (χ0) is 15.7. The Morgan fingerprint density at radius 2 is 1.81 bits per heavy atom. The van der Waals surface area contributed by atoms with Gasteiger partial charge in [-0.2, -0.15) is 0 Å². The predicted octanol–water partition coefficient (Wildman–Crippen LogP) is 5.11. The van der Waals surface area contributed by atoms with E-state index in [1.54, 1.807) is 0 Å². The van der Waals surface area contributed by atoms with Crippen LogP contribution in [0.3, 0.4) is 0 Å². The van der Waals surface area contributed by atoms with E-state index < -0.39 is 8.32 Å². The van der Waals surface area contributed by atoms with Gasteiger partial charge in [-0.05, 0) is 55.2 Å². The maximum atomic E-state index is 6.25. The number of nitrogens with zero attached hydrogens (tertiary/aromatic N) is 1. The van der Waals surface area contributed by atoms with E-state index in [1.165, 1.54) is 10.9 Å². The third-order valence-corrected chi connectivity index (χ3v) is 9.09. The molecular formula is C18H27NOSi. The van der Waals surface area contributed by atoms with Crippen LogP contribution in [0.1, 0.15) is 32.0 Å². The van der Waals surface area contributed by atoms with Gasteiger partial charge in [0.25, 0.3) is 0 Å². The fraction of sp³-hybridized carbons (Fsp3) is 0.500. The molecule has 3 heteroatoms. The molecule has 2 nitrogen and oxygen atoms in total. The average molecular weight is 302 g/mol. The van der Waals surface area contributed by atoms with Crippen LogP contribution in [0.4, 0.5) is 0 Å². The molecule has 0 amide bonds. The van der Waals surface area contributed by atoms with Gasteiger partial charge in [-0.1, -0.05) is 32.9 Å². The molecule has 1 heterocycles. The summed E-state index contributed by atoms with van der Waals surface area (Å²) in [7, 11) is -1.63. The Kier molecular flexibility index (Phi) is 4.54. The van der Waals surface area contributed by atoms with E-state index in [4.69, 9.17) is 4.43 Å². The lowest BCUT2D eigenvalue weighted by atomic mass is 10.1. The molecule has 0 fully saturated rings. The van der Waals surface area contributed by atoms with Crippen LogP contribution in [0.25, 0.3) is 10.9 Å². The molecule has 0 N–H and O–H groups in total. The summed E-state index contributed by atoms with van der Waals surface area (Å²) in [6, 6.07) is 10.7. The molecule has 114 valence electrons. The molecule has 0 atom stereocenters. The number of hydrogen-bond donors (Lipinski definition) is 0. The SMILES string of the molecule is Cc1ccc2cc(CCO[Si](C)(C)C(C)(C)C)ccc2n1. The minimum absolute atomic E-state index is 0.276. The van der Waals surface area contributed by atoms with Gasteiger partial charge in [-0.25, -0.2) is 0 Å². The highest BCUT2D eigenvalue weighted by molar-refractivity contribution is 6.74. The molecule has 0 aliphatic carbocycles. The van der Waals surface area contributed by atoms with Crippen molar-refractivity contribution in [3.8, 4) is 0 Å². The van der Waals surface area contributed by atoms with Gasteiger partial charge in [0.1, 0.15) is 0 Å². The minimum Gasteiger partial charge on any atom is -0.416 e. The maximum absolute atomic E-state index is 6.25. The van der Waals surface area contributed by atoms with Crippen LogP contribution in [0.5, 0.6) is 0 Å². The summed E-state index contributed by atoms with van der Waals surface area (Å²) in [5.41, 5.74) is 3.47. The van der Waals surface area contributed by atoms with Crippen LogP contribution >= 0.6 is 0 Å². The normalized spacial score (nSPS) is 12.9. The predicted molar refractivity (Wildman–Crippen MR) is 93.3 cm³/mol. The molecule has 0 radical (unpaired) electrons. The van der Waals surface area contributed by atoms with Crippen LogP contribution in [-0.2, 0) is 10.8 Å². The summed E-state index contributed by atoms with van der Waals surface area (Å²) in [5.74, 6) is 0. The number of aryl methyl sites for hydroxylation is 1. The molecule has 0 saturated heterocycles. The summed E-state index contributed by atoms with van der Waals surface area (Å²) in [6.45, 7) is 14.3. The molecule has 0 aliphatic heterocycles. The lowest BCUT2D eigenvalue weighted by Crippen LogP contribution is -2.41. The third-order valence-electron chi connectivity index (χ3n) is 4.55. The molecule has 21 heavy (non-hydrogen) atoms. The van der Waals surface area contributed by atoms with Crippen LogP contribution in [0, 0.1) is 6.92 Å². The summed E-state index contributed by atoms with van der Waals surface area (Å²) in [4.78, 5) is 4.54. The smallest absolute Gasteiger partial charge is 0.191 e. The lowest BCUT2D eigenvalue weighted by Gasteiger charge is -2.36. The number of fused-ring (bicyclic) bond motifs is 1. The minimum atomic E-state index is -1.63. The van der Waals surface area contributed by atoms with Gasteiger partial charge in [-0.3, -0.25) is 4.98 Å². The van der Waals surface area contributed by atoms with Gasteiger partial charge in [0, 0.05) is 17.7 Å². The van der Waals surface area contributed by atoms with Crippen molar-refractivity contribution < 1.29 is 4.43 Å². The van der Waals surface area contributed by atoms with Crippen molar-refractivity contribution in [2.24, 2.45) is 0 Å². The standard InChI is InChI=1S/C18H27NOSi/c1-14-7-9-16-13-15(8-10-17(16)19-14)11-12-20-21(5,6)18(2,3)4/h7-10,13H,11-12H2,1-6H3. The zero-order valence-electron chi connectivity index (χ0n) is 14.2. The van der Waals surface area contributed by atoms with Crippen molar-refractivity contribution in [1.29, 1.82) is 0 Å². The van der Waals surface area contributed by atoms with E-state index in [-0.39, 0.29) is 5.04 Å². The molecule has 0 saturated carbocycles. The first-order valence-corrected chi connectivity index (χ1v) is 10.6. The first-order chi connectivity index (χ1) is 9.69. The Hall–Kier alpha value is -1.19. The highest BCUT2D eigenvalue weighted by Gasteiger charge is 2.36. The van der Waals surface area contributed by atoms with Gasteiger partial charge in [0.2, 0.25) is 0 Å². The Labute approximate surface area is 129 Å². The lowest BCUT2D eigenvalue weighted by molar-refractivity contribution is 0.292. The van der Waals surface area contributed by atoms with Crippen LogP contribution in [0.15, 0.2) is 30.3 Å². The molecule has 0 spiro atoms. The number of benzene rings is 1. The van der Waals surface area contributed by atoms with Gasteiger partial charge in [-0.15, -0.1) is 0 Å². The number of pyridine rings is 1. The molecule has 0 aliphatic rings. The van der Waals surface area contributed by atoms with Crippen LogP contribution < -0.4 is 0 Å². The Bertz CT molecular complexity index is 629. The monoisotopic (exact) mass is 301 g/mol. The highest BCUT2D eigenvalue weighted by atomic mass is 28.4. The second-order valence-electron chi connectivity index (χ2n) is 7.34.